The summed E-state index contributed by atoms with van der Waals surface area (Å²) in [7, 11) is 0. The second-order valence-electron chi connectivity index (χ2n) is 11.5. The molecule has 1 aliphatic heterocycles. The third kappa shape index (κ3) is 10.7. The molecule has 4 N–H and O–H groups in total. The van der Waals surface area contributed by atoms with Crippen LogP contribution in [0.1, 0.15) is 49.9 Å². The Bertz CT molecular complexity index is 1140. The molecule has 1 fully saturated rings. The zero-order valence-corrected chi connectivity index (χ0v) is 25.4. The van der Waals surface area contributed by atoms with Gasteiger partial charge in [0.1, 0.15) is 0 Å². The van der Waals surface area contributed by atoms with E-state index in [-0.39, 0.29) is 64.4 Å². The van der Waals surface area contributed by atoms with Crippen LogP contribution in [0, 0.1) is 0 Å². The maximum atomic E-state index is 12.1. The average molecular weight is 613 g/mol. The van der Waals surface area contributed by atoms with E-state index >= 15 is 0 Å². The Kier molecular flexibility index (Phi) is 13.3. The van der Waals surface area contributed by atoms with E-state index in [1.807, 2.05) is 84.3 Å². The fourth-order valence-corrected chi connectivity index (χ4v) is 6.10. The highest BCUT2D eigenvalue weighted by Gasteiger charge is 2.32. The van der Waals surface area contributed by atoms with Gasteiger partial charge in [-0.25, -0.2) is 0 Å². The minimum atomic E-state index is -1.02. The second-order valence-corrected chi connectivity index (χ2v) is 11.5. The first kappa shape index (κ1) is 34.6. The van der Waals surface area contributed by atoms with Crippen LogP contribution in [0.15, 0.2) is 60.7 Å². The Morgan fingerprint density at radius 2 is 0.795 bits per heavy atom. The van der Waals surface area contributed by atoms with Gasteiger partial charge in [0, 0.05) is 50.3 Å². The Hall–Kier alpha value is -3.84. The van der Waals surface area contributed by atoms with Crippen LogP contribution in [-0.4, -0.2) is 128 Å². The van der Waals surface area contributed by atoms with Gasteiger partial charge in [-0.15, -0.1) is 0 Å². The van der Waals surface area contributed by atoms with Gasteiger partial charge < -0.3 is 20.4 Å². The summed E-state index contributed by atoms with van der Waals surface area (Å²) in [5, 5.41) is 39.3. The molecular weight excluding hydrogens is 568 g/mol. The molecule has 0 bridgehead atoms. The molecule has 4 atom stereocenters. The number of hydrogen-bond donors (Lipinski definition) is 4. The average Bonchev–Trinajstić information content (AvgIpc) is 2.97. The lowest BCUT2D eigenvalue weighted by Crippen LogP contribution is -2.49. The number of carboxylic acids is 4. The van der Waals surface area contributed by atoms with Crippen LogP contribution < -0.4 is 0 Å². The van der Waals surface area contributed by atoms with Gasteiger partial charge in [-0.1, -0.05) is 60.7 Å². The summed E-state index contributed by atoms with van der Waals surface area (Å²) in [4.78, 5) is 55.3. The van der Waals surface area contributed by atoms with Crippen LogP contribution in [0.4, 0.5) is 0 Å². The molecule has 4 unspecified atom stereocenters. The highest BCUT2D eigenvalue weighted by molar-refractivity contribution is 5.70. The van der Waals surface area contributed by atoms with Crippen molar-refractivity contribution < 1.29 is 39.6 Å². The van der Waals surface area contributed by atoms with Gasteiger partial charge in [0.2, 0.25) is 0 Å². The van der Waals surface area contributed by atoms with Crippen molar-refractivity contribution in [3.8, 4) is 0 Å². The Morgan fingerprint density at radius 3 is 1.09 bits per heavy atom. The van der Waals surface area contributed by atoms with E-state index in [1.165, 1.54) is 0 Å². The van der Waals surface area contributed by atoms with Gasteiger partial charge >= 0.3 is 23.9 Å². The number of carbonyl (C=O) groups is 4. The molecular formula is C32H44N4O8. The Labute approximate surface area is 258 Å². The number of nitrogens with zero attached hydrogens (tertiary/aromatic N) is 4. The van der Waals surface area contributed by atoms with Gasteiger partial charge in [-0.3, -0.25) is 38.8 Å². The number of carboxylic acid groups (broad SMARTS) is 4. The third-order valence-corrected chi connectivity index (χ3v) is 8.33. The predicted molar refractivity (Wildman–Crippen MR) is 163 cm³/mol. The summed E-state index contributed by atoms with van der Waals surface area (Å²) in [6.07, 6.45) is 0.806. The van der Waals surface area contributed by atoms with Crippen molar-refractivity contribution in [1.82, 2.24) is 19.6 Å². The molecule has 2 aromatic rings. The summed E-state index contributed by atoms with van der Waals surface area (Å²) < 4.78 is 0. The van der Waals surface area contributed by atoms with Gasteiger partial charge in [-0.05, 0) is 37.8 Å². The first-order valence-corrected chi connectivity index (χ1v) is 14.9. The lowest BCUT2D eigenvalue weighted by atomic mass is 9.95. The molecule has 0 spiro atoms. The first-order chi connectivity index (χ1) is 20.9. The molecule has 2 aromatic carbocycles. The van der Waals surface area contributed by atoms with Crippen molar-refractivity contribution in [2.45, 2.75) is 50.9 Å². The SMILES string of the molecule is CC1CC(c2ccccc2)N(CC(=O)O)CCN(CC(=O)O)C(C)CC(c2ccccc2)N(CC(=O)O)CCN1CC(=O)O. The molecule has 240 valence electrons. The monoisotopic (exact) mass is 612 g/mol. The number of aliphatic carboxylic acids is 4. The van der Waals surface area contributed by atoms with E-state index in [0.29, 0.717) is 12.8 Å². The highest BCUT2D eigenvalue weighted by Crippen LogP contribution is 2.31. The molecule has 44 heavy (non-hydrogen) atoms. The second kappa shape index (κ2) is 16.9. The molecule has 12 nitrogen and oxygen atoms in total. The zero-order chi connectivity index (χ0) is 32.2. The fourth-order valence-electron chi connectivity index (χ4n) is 6.10. The largest absolute Gasteiger partial charge is 0.480 e. The predicted octanol–water partition coefficient (Wildman–Crippen LogP) is 2.59. The normalized spacial score (nSPS) is 23.9. The van der Waals surface area contributed by atoms with Crippen LogP contribution in [0.5, 0.6) is 0 Å². The van der Waals surface area contributed by atoms with Crippen molar-refractivity contribution in [1.29, 1.82) is 0 Å². The summed E-state index contributed by atoms with van der Waals surface area (Å²) >= 11 is 0. The molecule has 0 aromatic heterocycles. The molecule has 1 aliphatic rings. The quantitative estimate of drug-likeness (QED) is 0.311. The topological polar surface area (TPSA) is 162 Å². The highest BCUT2D eigenvalue weighted by atomic mass is 16.4. The number of rotatable bonds is 10. The molecule has 12 heteroatoms. The van der Waals surface area contributed by atoms with Crippen LogP contribution in [0.25, 0.3) is 0 Å². The van der Waals surface area contributed by atoms with Gasteiger partial charge in [0.25, 0.3) is 0 Å². The van der Waals surface area contributed by atoms with Crippen LogP contribution in [0.2, 0.25) is 0 Å². The maximum Gasteiger partial charge on any atom is 0.317 e. The summed E-state index contributed by atoms with van der Waals surface area (Å²) in [6.45, 7) is 3.75. The third-order valence-electron chi connectivity index (χ3n) is 8.33. The van der Waals surface area contributed by atoms with E-state index in [2.05, 4.69) is 0 Å². The van der Waals surface area contributed by atoms with E-state index in [4.69, 9.17) is 0 Å². The smallest absolute Gasteiger partial charge is 0.317 e. The molecule has 0 radical (unpaired) electrons. The molecule has 0 aliphatic carbocycles. The molecule has 0 amide bonds. The standard InChI is InChI=1S/C32H44N4O8/c1-23-17-27(25-9-5-3-6-10-25)35(21-31(41)42)16-14-34(20-30(39)40)24(2)18-28(26-11-7-4-8-12-26)36(22-32(43)44)15-13-33(23)19-29(37)38/h3-12,23-24,27-28H,13-22H2,1-2H3,(H,37,38)(H,39,40)(H,41,42)(H,43,44). The minimum Gasteiger partial charge on any atom is -0.480 e. The van der Waals surface area contributed by atoms with Crippen molar-refractivity contribution in [2.24, 2.45) is 0 Å². The Morgan fingerprint density at radius 1 is 0.523 bits per heavy atom. The van der Waals surface area contributed by atoms with Gasteiger partial charge in [0.05, 0.1) is 26.2 Å². The van der Waals surface area contributed by atoms with Crippen molar-refractivity contribution in [3.05, 3.63) is 71.8 Å². The lowest BCUT2D eigenvalue weighted by Gasteiger charge is -2.41. The van der Waals surface area contributed by atoms with Gasteiger partial charge in [-0.2, -0.15) is 0 Å². The lowest BCUT2D eigenvalue weighted by molar-refractivity contribution is -0.142. The zero-order valence-electron chi connectivity index (χ0n) is 25.4. The fraction of sp³-hybridized carbons (Fsp3) is 0.500. The summed E-state index contributed by atoms with van der Waals surface area (Å²) in [5.74, 6) is -4.07. The first-order valence-electron chi connectivity index (χ1n) is 14.9. The molecule has 1 saturated heterocycles. The van der Waals surface area contributed by atoms with Crippen LogP contribution in [-0.2, 0) is 19.2 Å². The van der Waals surface area contributed by atoms with Crippen molar-refractivity contribution >= 4 is 23.9 Å². The number of benzene rings is 2. The Balaban J connectivity index is 2.11. The van der Waals surface area contributed by atoms with Crippen LogP contribution in [0.3, 0.4) is 0 Å². The minimum absolute atomic E-state index is 0.254. The van der Waals surface area contributed by atoms with E-state index in [0.717, 1.165) is 11.1 Å². The molecule has 0 saturated carbocycles. The van der Waals surface area contributed by atoms with Crippen molar-refractivity contribution in [2.75, 3.05) is 52.4 Å². The molecule has 3 rings (SSSR count). The summed E-state index contributed by atoms with van der Waals surface area (Å²) in [5.41, 5.74) is 1.75. The van der Waals surface area contributed by atoms with Crippen LogP contribution >= 0.6 is 0 Å². The number of hydrogen-bond acceptors (Lipinski definition) is 8. The maximum absolute atomic E-state index is 12.1. The van der Waals surface area contributed by atoms with Gasteiger partial charge in [0.15, 0.2) is 0 Å². The van der Waals surface area contributed by atoms with E-state index in [9.17, 15) is 39.6 Å². The van der Waals surface area contributed by atoms with Crippen molar-refractivity contribution in [3.63, 3.8) is 0 Å². The summed E-state index contributed by atoms with van der Waals surface area (Å²) in [6, 6.07) is 17.4. The van der Waals surface area contributed by atoms with E-state index < -0.39 is 36.0 Å². The van der Waals surface area contributed by atoms with E-state index in [1.54, 1.807) is 9.80 Å². The molecule has 1 heterocycles.